The molecule has 4 rings (SSSR count). The molecule has 0 amide bonds. The maximum absolute atomic E-state index is 3.12. The Bertz CT molecular complexity index is 843. The SMILES string of the molecule is CC1=C(C)C[C-]=C1.C[C](=[Zr+2])c1ccccc1.[Cl-].[Cl-].c1ccc2[cH-]ccc2c1. The summed E-state index contributed by atoms with van der Waals surface area (Å²) < 4.78 is 1.46. The van der Waals surface area contributed by atoms with Crippen molar-refractivity contribution in [2.75, 3.05) is 0 Å². The van der Waals surface area contributed by atoms with Crippen LogP contribution in [0.15, 0.2) is 90.0 Å². The van der Waals surface area contributed by atoms with Crippen LogP contribution in [0.1, 0.15) is 32.8 Å². The van der Waals surface area contributed by atoms with Crippen molar-refractivity contribution in [3.05, 3.63) is 102 Å². The van der Waals surface area contributed by atoms with Gasteiger partial charge in [0.25, 0.3) is 0 Å². The van der Waals surface area contributed by atoms with E-state index in [9.17, 15) is 0 Å². The van der Waals surface area contributed by atoms with E-state index in [0.29, 0.717) is 0 Å². The first-order valence-electron chi connectivity index (χ1n) is 8.52. The predicted molar refractivity (Wildman–Crippen MR) is 107 cm³/mol. The molecule has 3 heteroatoms. The van der Waals surface area contributed by atoms with Crippen molar-refractivity contribution in [3.63, 3.8) is 0 Å². The van der Waals surface area contributed by atoms with Gasteiger partial charge >= 0.3 is 70.3 Å². The van der Waals surface area contributed by atoms with Crippen molar-refractivity contribution in [1.82, 2.24) is 0 Å². The predicted octanol–water partition coefficient (Wildman–Crippen LogP) is 0.426. The molecular weight excluding hydrogens is 450 g/mol. The smallest absolute Gasteiger partial charge is 0.0809 e. The molecule has 0 saturated carbocycles. The van der Waals surface area contributed by atoms with Crippen LogP contribution in [0.5, 0.6) is 0 Å². The minimum Gasteiger partial charge on any atom is -1.00 e. The number of hydrogen-bond donors (Lipinski definition) is 0. The number of halogens is 2. The van der Waals surface area contributed by atoms with Gasteiger partial charge in [-0.1, -0.05) is 13.0 Å². The Morgan fingerprint density at radius 3 is 2.00 bits per heavy atom. The van der Waals surface area contributed by atoms with Gasteiger partial charge in [0.1, 0.15) is 0 Å². The summed E-state index contributed by atoms with van der Waals surface area (Å²) in [6.45, 7) is 6.43. The number of fused-ring (bicyclic) bond motifs is 1. The molecule has 1 aliphatic rings. The topological polar surface area (TPSA) is 0 Å². The van der Waals surface area contributed by atoms with Crippen molar-refractivity contribution in [2.45, 2.75) is 27.2 Å². The van der Waals surface area contributed by atoms with Gasteiger partial charge < -0.3 is 24.8 Å². The van der Waals surface area contributed by atoms with E-state index in [-0.39, 0.29) is 24.8 Å². The average molecular weight is 475 g/mol. The van der Waals surface area contributed by atoms with Crippen molar-refractivity contribution in [3.8, 4) is 0 Å². The minimum absolute atomic E-state index is 0. The molecule has 0 fully saturated rings. The Hall–Kier alpha value is -1.14. The van der Waals surface area contributed by atoms with E-state index in [1.807, 2.05) is 6.07 Å². The summed E-state index contributed by atoms with van der Waals surface area (Å²) in [5, 5.41) is 2.66. The van der Waals surface area contributed by atoms with E-state index < -0.39 is 0 Å². The minimum atomic E-state index is 0. The molecule has 0 saturated heterocycles. The molecule has 0 nitrogen and oxygen atoms in total. The van der Waals surface area contributed by atoms with Crippen LogP contribution in [0.2, 0.25) is 0 Å². The van der Waals surface area contributed by atoms with E-state index in [1.165, 1.54) is 54.9 Å². The van der Waals surface area contributed by atoms with E-state index in [0.717, 1.165) is 6.42 Å². The van der Waals surface area contributed by atoms with Crippen molar-refractivity contribution in [1.29, 1.82) is 0 Å². The molecule has 0 aliphatic heterocycles. The van der Waals surface area contributed by atoms with Gasteiger partial charge in [0.2, 0.25) is 0 Å². The number of allylic oxidation sites excluding steroid dienone is 4. The average Bonchev–Trinajstić information content (AvgIpc) is 3.26. The normalized spacial score (nSPS) is 11.4. The maximum Gasteiger partial charge on any atom is -0.0809 e. The zero-order valence-electron chi connectivity index (χ0n) is 16.0. The van der Waals surface area contributed by atoms with E-state index >= 15 is 0 Å². The first-order valence-corrected chi connectivity index (χ1v) is 9.75. The second-order valence-electron chi connectivity index (χ2n) is 6.13. The first-order chi connectivity index (χ1) is 12.1. The van der Waals surface area contributed by atoms with Crippen LogP contribution in [-0.2, 0) is 24.2 Å². The molecule has 0 N–H and O–H groups in total. The fourth-order valence-corrected chi connectivity index (χ4v) is 2.79. The quantitative estimate of drug-likeness (QED) is 0.449. The zero-order valence-corrected chi connectivity index (χ0v) is 19.9. The van der Waals surface area contributed by atoms with Crippen molar-refractivity contribution < 1.29 is 49.0 Å². The summed E-state index contributed by atoms with van der Waals surface area (Å²) in [5.41, 5.74) is 4.22. The molecular formula is C24H24Cl2Zr-2. The number of rotatable bonds is 1. The summed E-state index contributed by atoms with van der Waals surface area (Å²) in [5.74, 6) is 0. The molecule has 3 aromatic rings. The molecule has 0 radical (unpaired) electrons. The third-order valence-electron chi connectivity index (χ3n) is 4.11. The van der Waals surface area contributed by atoms with Crippen LogP contribution in [0.4, 0.5) is 0 Å². The van der Waals surface area contributed by atoms with Crippen molar-refractivity contribution >= 4 is 14.0 Å². The molecule has 0 heterocycles. The van der Waals surface area contributed by atoms with Crippen LogP contribution in [0.25, 0.3) is 10.8 Å². The summed E-state index contributed by atoms with van der Waals surface area (Å²) in [4.78, 5) is 0. The van der Waals surface area contributed by atoms with Crippen LogP contribution in [0, 0.1) is 6.08 Å². The summed E-state index contributed by atoms with van der Waals surface area (Å²) in [7, 11) is 0. The number of benzene rings is 2. The van der Waals surface area contributed by atoms with Gasteiger partial charge in [0.05, 0.1) is 0 Å². The number of hydrogen-bond acceptors (Lipinski definition) is 0. The van der Waals surface area contributed by atoms with Crippen molar-refractivity contribution in [2.24, 2.45) is 0 Å². The molecule has 0 unspecified atom stereocenters. The van der Waals surface area contributed by atoms with E-state index in [2.05, 4.69) is 99.7 Å². The third kappa shape index (κ3) is 9.07. The molecule has 3 aromatic carbocycles. The molecule has 0 bridgehead atoms. The Kier molecular flexibility index (Phi) is 13.4. The Morgan fingerprint density at radius 2 is 1.56 bits per heavy atom. The van der Waals surface area contributed by atoms with Gasteiger partial charge in [-0.15, -0.1) is 43.0 Å². The molecule has 0 atom stereocenters. The van der Waals surface area contributed by atoms with Gasteiger partial charge in [-0.05, 0) is 0 Å². The molecule has 0 spiro atoms. The van der Waals surface area contributed by atoms with Crippen LogP contribution >= 0.6 is 0 Å². The Balaban J connectivity index is 0.000000365. The summed E-state index contributed by atoms with van der Waals surface area (Å²) >= 11 is 1.51. The Labute approximate surface area is 190 Å². The fourth-order valence-electron chi connectivity index (χ4n) is 2.38. The zero-order chi connectivity index (χ0) is 18.1. The first kappa shape index (κ1) is 25.9. The van der Waals surface area contributed by atoms with Gasteiger partial charge in [0, 0.05) is 0 Å². The maximum atomic E-state index is 3.12. The molecule has 140 valence electrons. The van der Waals surface area contributed by atoms with Gasteiger partial charge in [-0.25, -0.2) is 11.6 Å². The monoisotopic (exact) mass is 472 g/mol. The van der Waals surface area contributed by atoms with Crippen LogP contribution in [0.3, 0.4) is 0 Å². The standard InChI is InChI=1S/C9H7.C8H8.C7H9.2ClH.Zr/c1-2-5-9-7-3-6-8(9)4-1;1-2-8-6-4-3-5-7-8;1-6-4-3-5-7(6)2;;;/h1-7H;3-7H,1H3;4H,5H2,1-2H3;2*1H;/q-1;;-1;;;+2/p-2. The fraction of sp³-hybridized carbons (Fsp3) is 0.167. The summed E-state index contributed by atoms with van der Waals surface area (Å²) in [6, 6.07) is 25.1. The van der Waals surface area contributed by atoms with Crippen LogP contribution in [-0.4, -0.2) is 3.21 Å². The largest absolute Gasteiger partial charge is 1.00 e. The summed E-state index contributed by atoms with van der Waals surface area (Å²) in [6.07, 6.45) is 6.22. The molecule has 0 aromatic heterocycles. The molecule has 27 heavy (non-hydrogen) atoms. The Morgan fingerprint density at radius 1 is 0.926 bits per heavy atom. The second kappa shape index (κ2) is 13.9. The second-order valence-corrected chi connectivity index (χ2v) is 7.98. The molecule has 1 aliphatic carbocycles. The van der Waals surface area contributed by atoms with Crippen LogP contribution < -0.4 is 24.8 Å². The third-order valence-corrected chi connectivity index (χ3v) is 4.82. The van der Waals surface area contributed by atoms with Gasteiger partial charge in [-0.3, -0.25) is 6.08 Å². The van der Waals surface area contributed by atoms with E-state index in [1.54, 1.807) is 0 Å². The van der Waals surface area contributed by atoms with E-state index in [4.69, 9.17) is 0 Å². The van der Waals surface area contributed by atoms with Gasteiger partial charge in [-0.2, -0.15) is 23.1 Å². The van der Waals surface area contributed by atoms with Gasteiger partial charge in [0.15, 0.2) is 0 Å².